The number of rotatable bonds is 2. The van der Waals surface area contributed by atoms with Gasteiger partial charge in [-0.05, 0) is 31.2 Å². The molecule has 0 spiro atoms. The van der Waals surface area contributed by atoms with Crippen molar-refractivity contribution in [1.82, 2.24) is 0 Å². The van der Waals surface area contributed by atoms with Gasteiger partial charge in [-0.3, -0.25) is 9.59 Å². The Hall–Kier alpha value is -2.05. The van der Waals surface area contributed by atoms with Gasteiger partial charge in [-0.2, -0.15) is 0 Å². The number of para-hydroxylation sites is 1. The molecule has 0 saturated heterocycles. The van der Waals surface area contributed by atoms with Gasteiger partial charge < -0.3 is 15.4 Å². The predicted molar refractivity (Wildman–Crippen MR) is 86.1 cm³/mol. The van der Waals surface area contributed by atoms with Crippen molar-refractivity contribution in [3.05, 3.63) is 45.1 Å². The van der Waals surface area contributed by atoms with E-state index in [2.05, 4.69) is 0 Å². The molecular formula is C15H13ClN2O3S. The molecule has 1 atom stereocenters. The van der Waals surface area contributed by atoms with Crippen LogP contribution in [0.4, 0.5) is 5.69 Å². The number of thiophene rings is 1. The van der Waals surface area contributed by atoms with Crippen molar-refractivity contribution in [2.75, 3.05) is 11.4 Å². The minimum absolute atomic E-state index is 0.174. The van der Waals surface area contributed by atoms with Crippen LogP contribution in [-0.2, 0) is 0 Å². The van der Waals surface area contributed by atoms with Crippen LogP contribution in [0.3, 0.4) is 0 Å². The van der Waals surface area contributed by atoms with Crippen LogP contribution in [0, 0.1) is 0 Å². The minimum Gasteiger partial charge on any atom is -0.485 e. The molecule has 2 amide bonds. The average molecular weight is 337 g/mol. The van der Waals surface area contributed by atoms with Crippen molar-refractivity contribution in [3.63, 3.8) is 0 Å². The van der Waals surface area contributed by atoms with E-state index in [1.807, 2.05) is 6.92 Å². The highest BCUT2D eigenvalue weighted by Crippen LogP contribution is 2.40. The number of hydrogen-bond acceptors (Lipinski definition) is 4. The van der Waals surface area contributed by atoms with Gasteiger partial charge in [-0.15, -0.1) is 11.3 Å². The second-order valence-corrected chi connectivity index (χ2v) is 6.45. The van der Waals surface area contributed by atoms with Crippen LogP contribution in [0.15, 0.2) is 30.3 Å². The number of nitrogens with zero attached hydrogens (tertiary/aromatic N) is 1. The Balaban J connectivity index is 1.99. The molecule has 1 aromatic heterocycles. The summed E-state index contributed by atoms with van der Waals surface area (Å²) in [5.41, 5.74) is 5.86. The highest BCUT2D eigenvalue weighted by Gasteiger charge is 2.30. The third-order valence-electron chi connectivity index (χ3n) is 3.30. The Morgan fingerprint density at radius 3 is 2.73 bits per heavy atom. The maximum Gasteiger partial charge on any atom is 0.268 e. The molecule has 0 fully saturated rings. The molecule has 114 valence electrons. The fourth-order valence-electron chi connectivity index (χ4n) is 2.33. The lowest BCUT2D eigenvalue weighted by Gasteiger charge is -2.33. The number of ether oxygens (including phenoxy) is 1. The molecule has 5 nitrogen and oxygen atoms in total. The Morgan fingerprint density at radius 2 is 2.05 bits per heavy atom. The molecule has 1 aliphatic heterocycles. The fraction of sp³-hybridized carbons (Fsp3) is 0.200. The van der Waals surface area contributed by atoms with Gasteiger partial charge in [0.15, 0.2) is 5.75 Å². The zero-order valence-corrected chi connectivity index (χ0v) is 13.3. The molecule has 2 N–H and O–H groups in total. The third-order valence-corrected chi connectivity index (χ3v) is 4.69. The van der Waals surface area contributed by atoms with Crippen LogP contribution in [0.1, 0.15) is 26.3 Å². The summed E-state index contributed by atoms with van der Waals surface area (Å²) in [4.78, 5) is 26.3. The molecule has 1 aliphatic rings. The van der Waals surface area contributed by atoms with Gasteiger partial charge in [0.25, 0.3) is 11.8 Å². The van der Waals surface area contributed by atoms with E-state index in [0.29, 0.717) is 32.8 Å². The van der Waals surface area contributed by atoms with E-state index in [4.69, 9.17) is 22.1 Å². The lowest BCUT2D eigenvalue weighted by Crippen LogP contribution is -2.42. The largest absolute Gasteiger partial charge is 0.485 e. The number of anilines is 1. The summed E-state index contributed by atoms with van der Waals surface area (Å²) in [6.07, 6.45) is -0.174. The van der Waals surface area contributed by atoms with Crippen molar-refractivity contribution < 1.29 is 14.3 Å². The first-order chi connectivity index (χ1) is 10.5. The summed E-state index contributed by atoms with van der Waals surface area (Å²) in [5, 5.41) is 0.464. The van der Waals surface area contributed by atoms with E-state index >= 15 is 0 Å². The maximum atomic E-state index is 12.7. The van der Waals surface area contributed by atoms with E-state index in [9.17, 15) is 9.59 Å². The molecule has 0 radical (unpaired) electrons. The van der Waals surface area contributed by atoms with Gasteiger partial charge in [0.05, 0.1) is 27.0 Å². The third kappa shape index (κ3) is 2.55. The van der Waals surface area contributed by atoms with Gasteiger partial charge in [0, 0.05) is 0 Å². The topological polar surface area (TPSA) is 72.6 Å². The van der Waals surface area contributed by atoms with Crippen LogP contribution >= 0.6 is 22.9 Å². The number of nitrogens with two attached hydrogens (primary N) is 1. The van der Waals surface area contributed by atoms with E-state index in [1.54, 1.807) is 35.2 Å². The van der Waals surface area contributed by atoms with Crippen LogP contribution in [0.2, 0.25) is 5.02 Å². The molecule has 0 bridgehead atoms. The lowest BCUT2D eigenvalue weighted by molar-refractivity contribution is 0.0964. The standard InChI is InChI=1S/C15H13ClN2O3S/c1-8-7-18(10-4-2-3-9(16)13(10)21-8)15(20)12-6-5-11(22-12)14(17)19/h2-6,8H,7H2,1H3,(H2,17,19)/t8-/m1/s1. The van der Waals surface area contributed by atoms with Crippen molar-refractivity contribution in [2.24, 2.45) is 5.73 Å². The van der Waals surface area contributed by atoms with Crippen LogP contribution in [-0.4, -0.2) is 24.5 Å². The van der Waals surface area contributed by atoms with Crippen molar-refractivity contribution in [1.29, 1.82) is 0 Å². The Kier molecular flexibility index (Phi) is 3.80. The van der Waals surface area contributed by atoms with Crippen LogP contribution < -0.4 is 15.4 Å². The quantitative estimate of drug-likeness (QED) is 0.916. The van der Waals surface area contributed by atoms with E-state index in [0.717, 1.165) is 11.3 Å². The molecule has 3 rings (SSSR count). The van der Waals surface area contributed by atoms with Gasteiger partial charge in [0.2, 0.25) is 0 Å². The zero-order chi connectivity index (χ0) is 15.9. The number of halogens is 1. The zero-order valence-electron chi connectivity index (χ0n) is 11.7. The van der Waals surface area contributed by atoms with E-state index in [-0.39, 0.29) is 12.0 Å². The first kappa shape index (κ1) is 14.9. The van der Waals surface area contributed by atoms with Crippen LogP contribution in [0.25, 0.3) is 0 Å². The number of amides is 2. The highest BCUT2D eigenvalue weighted by molar-refractivity contribution is 7.16. The number of benzene rings is 1. The molecule has 2 aromatic rings. The van der Waals surface area contributed by atoms with Crippen molar-refractivity contribution >= 4 is 40.4 Å². The molecule has 0 saturated carbocycles. The SMILES string of the molecule is C[C@@H]1CN(C(=O)c2ccc(C(N)=O)s2)c2cccc(Cl)c2O1. The fourth-order valence-corrected chi connectivity index (χ4v) is 3.35. The number of carbonyl (C=O) groups excluding carboxylic acids is 2. The number of carbonyl (C=O) groups is 2. The molecule has 0 aliphatic carbocycles. The van der Waals surface area contributed by atoms with Gasteiger partial charge in [-0.1, -0.05) is 17.7 Å². The number of fused-ring (bicyclic) bond motifs is 1. The lowest BCUT2D eigenvalue weighted by atomic mass is 10.2. The highest BCUT2D eigenvalue weighted by atomic mass is 35.5. The molecule has 2 heterocycles. The molecule has 7 heteroatoms. The van der Waals surface area contributed by atoms with E-state index in [1.165, 1.54) is 0 Å². The summed E-state index contributed by atoms with van der Waals surface area (Å²) >= 11 is 7.23. The number of primary amides is 1. The summed E-state index contributed by atoms with van der Waals surface area (Å²) in [6.45, 7) is 2.28. The van der Waals surface area contributed by atoms with Gasteiger partial charge in [-0.25, -0.2) is 0 Å². The smallest absolute Gasteiger partial charge is 0.268 e. The Morgan fingerprint density at radius 1 is 1.32 bits per heavy atom. The average Bonchev–Trinajstić information content (AvgIpc) is 2.97. The normalized spacial score (nSPS) is 16.8. The summed E-state index contributed by atoms with van der Waals surface area (Å²) in [7, 11) is 0. The maximum absolute atomic E-state index is 12.7. The summed E-state index contributed by atoms with van der Waals surface area (Å²) in [5.74, 6) is -0.234. The number of hydrogen-bond donors (Lipinski definition) is 1. The molecule has 0 unspecified atom stereocenters. The van der Waals surface area contributed by atoms with Gasteiger partial charge in [0.1, 0.15) is 6.10 Å². The van der Waals surface area contributed by atoms with E-state index < -0.39 is 5.91 Å². The second kappa shape index (κ2) is 5.62. The Labute approximate surface area is 136 Å². The van der Waals surface area contributed by atoms with Crippen molar-refractivity contribution in [3.8, 4) is 5.75 Å². The molecule has 22 heavy (non-hydrogen) atoms. The van der Waals surface area contributed by atoms with Gasteiger partial charge >= 0.3 is 0 Å². The predicted octanol–water partition coefficient (Wildman–Crippen LogP) is 2.93. The molecular weight excluding hydrogens is 324 g/mol. The first-order valence-corrected chi connectivity index (χ1v) is 7.83. The van der Waals surface area contributed by atoms with Crippen LogP contribution in [0.5, 0.6) is 5.75 Å². The van der Waals surface area contributed by atoms with Crippen molar-refractivity contribution in [2.45, 2.75) is 13.0 Å². The first-order valence-electron chi connectivity index (χ1n) is 6.64. The summed E-state index contributed by atoms with van der Waals surface area (Å²) < 4.78 is 5.73. The minimum atomic E-state index is -0.539. The second-order valence-electron chi connectivity index (χ2n) is 4.96. The summed E-state index contributed by atoms with van der Waals surface area (Å²) in [6, 6.07) is 8.44. The monoisotopic (exact) mass is 336 g/mol. The molecule has 1 aromatic carbocycles. The Bertz CT molecular complexity index is 759.